The molecule has 0 saturated heterocycles. The molecule has 24 heavy (non-hydrogen) atoms. The van der Waals surface area contributed by atoms with E-state index in [0.717, 1.165) is 33.8 Å². The monoisotopic (exact) mass is 350 g/mol. The summed E-state index contributed by atoms with van der Waals surface area (Å²) in [6.07, 6.45) is 0.863. The Kier molecular flexibility index (Phi) is 3.97. The van der Waals surface area contributed by atoms with Crippen molar-refractivity contribution < 1.29 is 0 Å². The van der Waals surface area contributed by atoms with Crippen LogP contribution in [0.25, 0.3) is 21.3 Å². The molecule has 0 atom stereocenters. The van der Waals surface area contributed by atoms with Crippen molar-refractivity contribution >= 4 is 38.8 Å². The van der Waals surface area contributed by atoms with Crippen LogP contribution in [-0.4, -0.2) is 4.98 Å². The lowest BCUT2D eigenvalue weighted by Crippen LogP contribution is -1.91. The van der Waals surface area contributed by atoms with Gasteiger partial charge in [-0.2, -0.15) is 0 Å². The molecule has 0 aliphatic carbocycles. The van der Waals surface area contributed by atoms with Crippen LogP contribution in [0.15, 0.2) is 66.2 Å². The molecule has 0 spiro atoms. The Bertz CT molecular complexity index is 1010. The molecule has 0 radical (unpaired) electrons. The second-order valence-electron chi connectivity index (χ2n) is 5.77. The van der Waals surface area contributed by atoms with E-state index in [1.807, 2.05) is 35.8 Å². The van der Waals surface area contributed by atoms with Crippen LogP contribution < -0.4 is 5.73 Å². The Morgan fingerprint density at radius 2 is 1.79 bits per heavy atom. The van der Waals surface area contributed by atoms with Crippen molar-refractivity contribution in [1.82, 2.24) is 4.98 Å². The van der Waals surface area contributed by atoms with E-state index >= 15 is 0 Å². The van der Waals surface area contributed by atoms with Crippen molar-refractivity contribution in [3.8, 4) is 11.1 Å². The van der Waals surface area contributed by atoms with Gasteiger partial charge in [-0.3, -0.25) is 0 Å². The van der Waals surface area contributed by atoms with Gasteiger partial charge in [-0.25, -0.2) is 4.98 Å². The first-order valence-electron chi connectivity index (χ1n) is 7.65. The molecule has 3 aromatic carbocycles. The second kappa shape index (κ2) is 6.27. The van der Waals surface area contributed by atoms with Gasteiger partial charge >= 0.3 is 0 Å². The van der Waals surface area contributed by atoms with Gasteiger partial charge in [0.25, 0.3) is 0 Å². The molecule has 4 aromatic rings. The number of anilines is 1. The van der Waals surface area contributed by atoms with Crippen LogP contribution in [0.3, 0.4) is 0 Å². The van der Waals surface area contributed by atoms with Gasteiger partial charge in [-0.15, -0.1) is 11.3 Å². The fourth-order valence-electron chi connectivity index (χ4n) is 2.87. The second-order valence-corrected chi connectivity index (χ2v) is 7.09. The molecule has 0 saturated carbocycles. The molecule has 1 aromatic heterocycles. The van der Waals surface area contributed by atoms with E-state index in [2.05, 4.69) is 35.3 Å². The normalized spacial score (nSPS) is 11.0. The molecule has 4 rings (SSSR count). The molecule has 0 aliphatic heterocycles. The topological polar surface area (TPSA) is 38.9 Å². The molecule has 0 bridgehead atoms. The number of aromatic nitrogens is 1. The smallest absolute Gasteiger partial charge is 0.0890 e. The SMILES string of the molecule is Nc1ccc(Cc2cc(-c3cccc(Cl)c3)c3ncsc3c2)cc1. The quantitative estimate of drug-likeness (QED) is 0.475. The lowest BCUT2D eigenvalue weighted by atomic mass is 9.98. The predicted octanol–water partition coefficient (Wildman–Crippen LogP) is 5.79. The van der Waals surface area contributed by atoms with Crippen molar-refractivity contribution in [1.29, 1.82) is 0 Å². The maximum absolute atomic E-state index is 6.17. The Morgan fingerprint density at radius 1 is 0.958 bits per heavy atom. The third-order valence-electron chi connectivity index (χ3n) is 4.02. The third kappa shape index (κ3) is 3.01. The van der Waals surface area contributed by atoms with Gasteiger partial charge in [0.2, 0.25) is 0 Å². The maximum Gasteiger partial charge on any atom is 0.0890 e. The summed E-state index contributed by atoms with van der Waals surface area (Å²) in [5.41, 5.74) is 14.2. The van der Waals surface area contributed by atoms with Crippen molar-refractivity contribution in [3.63, 3.8) is 0 Å². The average Bonchev–Trinajstić information content (AvgIpc) is 3.05. The number of fused-ring (bicyclic) bond motifs is 1. The molecular weight excluding hydrogens is 336 g/mol. The summed E-state index contributed by atoms with van der Waals surface area (Å²) in [4.78, 5) is 4.54. The molecule has 0 aliphatic rings. The van der Waals surface area contributed by atoms with Crippen molar-refractivity contribution in [2.24, 2.45) is 0 Å². The summed E-state index contributed by atoms with van der Waals surface area (Å²) < 4.78 is 1.19. The first-order valence-corrected chi connectivity index (χ1v) is 8.91. The molecule has 4 heteroatoms. The van der Waals surface area contributed by atoms with E-state index in [4.69, 9.17) is 17.3 Å². The lowest BCUT2D eigenvalue weighted by Gasteiger charge is -2.08. The predicted molar refractivity (Wildman–Crippen MR) is 104 cm³/mol. The van der Waals surface area contributed by atoms with Crippen LogP contribution in [-0.2, 0) is 6.42 Å². The highest BCUT2D eigenvalue weighted by atomic mass is 35.5. The number of nitrogens with zero attached hydrogens (tertiary/aromatic N) is 1. The van der Waals surface area contributed by atoms with Crippen LogP contribution in [0.5, 0.6) is 0 Å². The van der Waals surface area contributed by atoms with Gasteiger partial charge in [0.05, 0.1) is 15.7 Å². The molecular formula is C20H15ClN2S. The van der Waals surface area contributed by atoms with Crippen molar-refractivity contribution in [2.75, 3.05) is 5.73 Å². The standard InChI is InChI=1S/C20H15ClN2S/c21-16-3-1-2-15(11-16)18-9-14(10-19-20(18)23-12-24-19)8-13-4-6-17(22)7-5-13/h1-7,9-12H,8,22H2. The minimum Gasteiger partial charge on any atom is -0.399 e. The van der Waals surface area contributed by atoms with Crippen LogP contribution >= 0.6 is 22.9 Å². The molecule has 2 N–H and O–H groups in total. The Morgan fingerprint density at radius 3 is 2.58 bits per heavy atom. The Labute approximate surface area is 149 Å². The summed E-state index contributed by atoms with van der Waals surface area (Å²) in [6.45, 7) is 0. The highest BCUT2D eigenvalue weighted by Crippen LogP contribution is 2.33. The van der Waals surface area contributed by atoms with Crippen molar-refractivity contribution in [3.05, 3.63) is 82.3 Å². The van der Waals surface area contributed by atoms with Crippen LogP contribution in [0, 0.1) is 0 Å². The number of hydrogen-bond donors (Lipinski definition) is 1. The summed E-state index contributed by atoms with van der Waals surface area (Å²) in [7, 11) is 0. The zero-order chi connectivity index (χ0) is 16.5. The number of nitrogens with two attached hydrogens (primary N) is 1. The first kappa shape index (κ1) is 15.2. The largest absolute Gasteiger partial charge is 0.399 e. The van der Waals surface area contributed by atoms with Crippen LogP contribution in [0.1, 0.15) is 11.1 Å². The minimum atomic E-state index is 0.736. The molecule has 0 amide bonds. The summed E-state index contributed by atoms with van der Waals surface area (Å²) >= 11 is 7.84. The Hall–Kier alpha value is -2.36. The van der Waals surface area contributed by atoms with E-state index < -0.39 is 0 Å². The van der Waals surface area contributed by atoms with E-state index in [0.29, 0.717) is 0 Å². The number of thiazole rings is 1. The number of rotatable bonds is 3. The Balaban J connectivity index is 1.81. The summed E-state index contributed by atoms with van der Waals surface area (Å²) in [6, 6.07) is 20.4. The van der Waals surface area contributed by atoms with Gasteiger partial charge in [-0.05, 0) is 59.5 Å². The van der Waals surface area contributed by atoms with Gasteiger partial charge in [0.15, 0.2) is 0 Å². The molecule has 0 fully saturated rings. The highest BCUT2D eigenvalue weighted by Gasteiger charge is 2.10. The van der Waals surface area contributed by atoms with Crippen LogP contribution in [0.4, 0.5) is 5.69 Å². The van der Waals surface area contributed by atoms with Crippen LogP contribution in [0.2, 0.25) is 5.02 Å². The zero-order valence-electron chi connectivity index (χ0n) is 12.9. The average molecular weight is 351 g/mol. The highest BCUT2D eigenvalue weighted by molar-refractivity contribution is 7.16. The van der Waals surface area contributed by atoms with Gasteiger partial charge in [-0.1, -0.05) is 35.9 Å². The van der Waals surface area contributed by atoms with E-state index in [1.165, 1.54) is 15.8 Å². The van der Waals surface area contributed by atoms with Crippen molar-refractivity contribution in [2.45, 2.75) is 6.42 Å². The van der Waals surface area contributed by atoms with Gasteiger partial charge < -0.3 is 5.73 Å². The summed E-state index contributed by atoms with van der Waals surface area (Å²) in [5, 5.41) is 0.736. The number of benzene rings is 3. The van der Waals surface area contributed by atoms with E-state index in [9.17, 15) is 0 Å². The maximum atomic E-state index is 6.17. The van der Waals surface area contributed by atoms with Gasteiger partial charge in [0, 0.05) is 16.3 Å². The lowest BCUT2D eigenvalue weighted by molar-refractivity contribution is 1.20. The number of hydrogen-bond acceptors (Lipinski definition) is 3. The first-order chi connectivity index (χ1) is 11.7. The van der Waals surface area contributed by atoms with E-state index in [1.54, 1.807) is 11.3 Å². The van der Waals surface area contributed by atoms with E-state index in [-0.39, 0.29) is 0 Å². The molecule has 2 nitrogen and oxygen atoms in total. The fraction of sp³-hybridized carbons (Fsp3) is 0.0500. The fourth-order valence-corrected chi connectivity index (χ4v) is 3.83. The molecule has 1 heterocycles. The summed E-state index contributed by atoms with van der Waals surface area (Å²) in [5.74, 6) is 0. The van der Waals surface area contributed by atoms with Gasteiger partial charge in [0.1, 0.15) is 0 Å². The number of nitrogen functional groups attached to an aromatic ring is 1. The third-order valence-corrected chi connectivity index (χ3v) is 5.03. The minimum absolute atomic E-state index is 0.736. The number of halogens is 1. The molecule has 118 valence electrons. The molecule has 0 unspecified atom stereocenters. The zero-order valence-corrected chi connectivity index (χ0v) is 14.4.